The van der Waals surface area contributed by atoms with Crippen molar-refractivity contribution in [3.63, 3.8) is 0 Å². The van der Waals surface area contributed by atoms with Crippen LogP contribution in [0.25, 0.3) is 0 Å². The van der Waals surface area contributed by atoms with Gasteiger partial charge in [0, 0.05) is 19.2 Å². The first kappa shape index (κ1) is 19.9. The fourth-order valence-electron chi connectivity index (χ4n) is 3.36. The second kappa shape index (κ2) is 8.89. The number of thioether (sulfide) groups is 1. The Bertz CT molecular complexity index is 812. The summed E-state index contributed by atoms with van der Waals surface area (Å²) in [7, 11) is 0. The predicted molar refractivity (Wildman–Crippen MR) is 108 cm³/mol. The third kappa shape index (κ3) is 5.32. The molecule has 3 rings (SSSR count). The second-order valence-electron chi connectivity index (χ2n) is 7.00. The molecule has 5 nitrogen and oxygen atoms in total. The van der Waals surface area contributed by atoms with Crippen molar-refractivity contribution in [1.82, 2.24) is 9.97 Å². The van der Waals surface area contributed by atoms with E-state index in [2.05, 4.69) is 34.0 Å². The molecule has 0 bridgehead atoms. The van der Waals surface area contributed by atoms with Crippen LogP contribution in [0.1, 0.15) is 20.3 Å². The van der Waals surface area contributed by atoms with Crippen molar-refractivity contribution in [3.05, 3.63) is 41.4 Å². The highest BCUT2D eigenvalue weighted by atomic mass is 35.5. The molecule has 1 aromatic carbocycles. The van der Waals surface area contributed by atoms with Crippen LogP contribution >= 0.6 is 23.4 Å². The van der Waals surface area contributed by atoms with Crippen LogP contribution in [0.5, 0.6) is 0 Å². The molecule has 0 unspecified atom stereocenters. The summed E-state index contributed by atoms with van der Waals surface area (Å²) in [5.74, 6) is 1.30. The molecule has 1 amide bonds. The molecule has 8 heteroatoms. The largest absolute Gasteiger partial charge is 0.356 e. The summed E-state index contributed by atoms with van der Waals surface area (Å²) in [5, 5.41) is 3.23. The van der Waals surface area contributed by atoms with E-state index < -0.39 is 5.82 Å². The van der Waals surface area contributed by atoms with Crippen molar-refractivity contribution in [2.75, 3.05) is 29.1 Å². The molecule has 2 atom stereocenters. The van der Waals surface area contributed by atoms with Gasteiger partial charge in [0.2, 0.25) is 5.91 Å². The van der Waals surface area contributed by atoms with E-state index in [1.807, 2.05) is 6.07 Å². The number of hydrogen-bond acceptors (Lipinski definition) is 5. The third-order valence-corrected chi connectivity index (χ3v) is 5.61. The van der Waals surface area contributed by atoms with Crippen LogP contribution in [0.3, 0.4) is 0 Å². The van der Waals surface area contributed by atoms with E-state index in [1.165, 1.54) is 36.6 Å². The lowest BCUT2D eigenvalue weighted by Gasteiger charge is -2.35. The summed E-state index contributed by atoms with van der Waals surface area (Å²) in [6.07, 6.45) is 2.75. The number of rotatable bonds is 5. The van der Waals surface area contributed by atoms with Crippen molar-refractivity contribution in [3.8, 4) is 0 Å². The van der Waals surface area contributed by atoms with Gasteiger partial charge in [-0.3, -0.25) is 4.79 Å². The summed E-state index contributed by atoms with van der Waals surface area (Å²) in [6.45, 7) is 6.44. The summed E-state index contributed by atoms with van der Waals surface area (Å²) in [5.41, 5.74) is 0.0766. The van der Waals surface area contributed by atoms with E-state index in [-0.39, 0.29) is 22.4 Å². The highest BCUT2D eigenvalue weighted by molar-refractivity contribution is 7.99. The molecule has 1 aliphatic rings. The quantitative estimate of drug-likeness (QED) is 0.583. The number of nitrogens with zero attached hydrogens (tertiary/aromatic N) is 3. The average molecular weight is 409 g/mol. The molecule has 1 aliphatic heterocycles. The van der Waals surface area contributed by atoms with E-state index in [9.17, 15) is 9.18 Å². The molecule has 0 radical (unpaired) electrons. The fraction of sp³-hybridized carbons (Fsp3) is 0.421. The molecule has 144 valence electrons. The Morgan fingerprint density at radius 3 is 2.81 bits per heavy atom. The van der Waals surface area contributed by atoms with Crippen LogP contribution in [0.4, 0.5) is 15.9 Å². The average Bonchev–Trinajstić information content (AvgIpc) is 2.63. The molecule has 1 aromatic heterocycles. The van der Waals surface area contributed by atoms with E-state index in [0.29, 0.717) is 16.9 Å². The first-order valence-corrected chi connectivity index (χ1v) is 10.2. The summed E-state index contributed by atoms with van der Waals surface area (Å²) in [4.78, 5) is 23.0. The van der Waals surface area contributed by atoms with Gasteiger partial charge < -0.3 is 10.2 Å². The van der Waals surface area contributed by atoms with Crippen molar-refractivity contribution >= 4 is 40.8 Å². The Balaban J connectivity index is 1.59. The van der Waals surface area contributed by atoms with Gasteiger partial charge in [0.15, 0.2) is 5.82 Å². The molecular weight excluding hydrogens is 387 g/mol. The highest BCUT2D eigenvalue weighted by Gasteiger charge is 2.23. The minimum Gasteiger partial charge on any atom is -0.356 e. The lowest BCUT2D eigenvalue weighted by atomic mass is 9.92. The van der Waals surface area contributed by atoms with Crippen LogP contribution in [0.2, 0.25) is 5.02 Å². The number of aromatic nitrogens is 2. The molecule has 27 heavy (non-hydrogen) atoms. The van der Waals surface area contributed by atoms with Gasteiger partial charge in [-0.25, -0.2) is 14.4 Å². The molecule has 0 saturated carbocycles. The maximum absolute atomic E-state index is 13.9. The number of hydrogen-bond donors (Lipinski definition) is 1. The maximum atomic E-state index is 13.9. The Labute approximate surface area is 167 Å². The lowest BCUT2D eigenvalue weighted by molar-refractivity contribution is -0.113. The number of piperidine rings is 1. The van der Waals surface area contributed by atoms with Crippen LogP contribution in [0.15, 0.2) is 35.6 Å². The smallest absolute Gasteiger partial charge is 0.234 e. The van der Waals surface area contributed by atoms with E-state index >= 15 is 0 Å². The zero-order valence-corrected chi connectivity index (χ0v) is 16.9. The van der Waals surface area contributed by atoms with Crippen LogP contribution in [-0.4, -0.2) is 34.7 Å². The number of anilines is 2. The first-order chi connectivity index (χ1) is 12.9. The normalized spacial score (nSPS) is 19.8. The van der Waals surface area contributed by atoms with E-state index in [0.717, 1.165) is 18.9 Å². The molecule has 2 aromatic rings. The summed E-state index contributed by atoms with van der Waals surface area (Å²) in [6, 6.07) is 6.41. The standard InChI is InChI=1S/C19H22ClFN4OS/c1-12-6-13(2)9-25(8-12)16-7-18(23-11-22-16)27-10-17(26)24-15-5-3-4-14(20)19(15)21/h3-5,7,11-13H,6,8-10H2,1-2H3,(H,24,26)/t12-,13+. The fourth-order valence-corrected chi connectivity index (χ4v) is 4.19. The Hall–Kier alpha value is -1.86. The van der Waals surface area contributed by atoms with Crippen LogP contribution < -0.4 is 10.2 Å². The third-order valence-electron chi connectivity index (χ3n) is 4.40. The monoisotopic (exact) mass is 408 g/mol. The van der Waals surface area contributed by atoms with Gasteiger partial charge in [0.25, 0.3) is 0 Å². The van der Waals surface area contributed by atoms with Gasteiger partial charge in [-0.1, -0.05) is 43.3 Å². The van der Waals surface area contributed by atoms with Gasteiger partial charge in [0.05, 0.1) is 16.5 Å². The molecule has 1 fully saturated rings. The van der Waals surface area contributed by atoms with Gasteiger partial charge >= 0.3 is 0 Å². The SMILES string of the molecule is C[C@@H]1C[C@H](C)CN(c2cc(SCC(=O)Nc3cccc(Cl)c3F)ncn2)C1. The number of carbonyl (C=O) groups excluding carboxylic acids is 1. The maximum Gasteiger partial charge on any atom is 0.234 e. The van der Waals surface area contributed by atoms with Crippen molar-refractivity contribution in [2.45, 2.75) is 25.3 Å². The Kier molecular flexibility index (Phi) is 6.55. The number of amides is 1. The molecule has 0 aliphatic carbocycles. The minimum absolute atomic E-state index is 0.0223. The van der Waals surface area contributed by atoms with Crippen molar-refractivity contribution < 1.29 is 9.18 Å². The number of nitrogens with one attached hydrogen (secondary N) is 1. The second-order valence-corrected chi connectivity index (χ2v) is 8.41. The van der Waals surface area contributed by atoms with Gasteiger partial charge in [-0.15, -0.1) is 0 Å². The predicted octanol–water partition coefficient (Wildman–Crippen LogP) is 4.48. The number of benzene rings is 1. The molecule has 1 saturated heterocycles. The zero-order valence-electron chi connectivity index (χ0n) is 15.3. The molecule has 0 spiro atoms. The Morgan fingerprint density at radius 1 is 1.33 bits per heavy atom. The van der Waals surface area contributed by atoms with E-state index in [4.69, 9.17) is 11.6 Å². The van der Waals surface area contributed by atoms with Gasteiger partial charge in [0.1, 0.15) is 17.2 Å². The highest BCUT2D eigenvalue weighted by Crippen LogP contribution is 2.27. The van der Waals surface area contributed by atoms with E-state index in [1.54, 1.807) is 6.07 Å². The van der Waals surface area contributed by atoms with Crippen molar-refractivity contribution in [2.24, 2.45) is 11.8 Å². The van der Waals surface area contributed by atoms with Crippen LogP contribution in [0, 0.1) is 17.7 Å². The molecule has 1 N–H and O–H groups in total. The number of halogens is 2. The van der Waals surface area contributed by atoms with Crippen LogP contribution in [-0.2, 0) is 4.79 Å². The van der Waals surface area contributed by atoms with Gasteiger partial charge in [-0.05, 0) is 30.4 Å². The summed E-state index contributed by atoms with van der Waals surface area (Å²) >= 11 is 7.02. The molecule has 2 heterocycles. The van der Waals surface area contributed by atoms with Gasteiger partial charge in [-0.2, -0.15) is 0 Å². The topological polar surface area (TPSA) is 58.1 Å². The van der Waals surface area contributed by atoms with Crippen molar-refractivity contribution in [1.29, 1.82) is 0 Å². The first-order valence-electron chi connectivity index (χ1n) is 8.86. The lowest BCUT2D eigenvalue weighted by Crippen LogP contribution is -2.39. The zero-order chi connectivity index (χ0) is 19.4. The Morgan fingerprint density at radius 2 is 2.07 bits per heavy atom. The molecular formula is C19H22ClFN4OS. The minimum atomic E-state index is -0.629. The summed E-state index contributed by atoms with van der Waals surface area (Å²) < 4.78 is 13.9. The number of carbonyl (C=O) groups is 1.